The topological polar surface area (TPSA) is 48.9 Å². The van der Waals surface area contributed by atoms with Crippen LogP contribution in [0.25, 0.3) is 0 Å². The van der Waals surface area contributed by atoms with E-state index in [2.05, 4.69) is 66.6 Å². The number of benzene rings is 1. The van der Waals surface area contributed by atoms with E-state index in [0.717, 1.165) is 58.2 Å². The standard InChI is InChI=1S/C20H34N4O.HI/c1-4-21-20(22-16-18(3)24-12-14-25-15-13-24)23-17(2)10-11-19-8-6-5-7-9-19;/h5-9,17-18H,4,10-16H2,1-3H3,(H2,21,22,23);1H. The van der Waals surface area contributed by atoms with Gasteiger partial charge in [-0.2, -0.15) is 0 Å². The smallest absolute Gasteiger partial charge is 0.191 e. The molecule has 0 amide bonds. The zero-order valence-corrected chi connectivity index (χ0v) is 18.7. The second-order valence-corrected chi connectivity index (χ2v) is 6.79. The van der Waals surface area contributed by atoms with Crippen molar-refractivity contribution < 1.29 is 4.74 Å². The summed E-state index contributed by atoms with van der Waals surface area (Å²) in [4.78, 5) is 7.25. The summed E-state index contributed by atoms with van der Waals surface area (Å²) in [5.74, 6) is 0.920. The highest BCUT2D eigenvalue weighted by molar-refractivity contribution is 14.0. The van der Waals surface area contributed by atoms with Crippen molar-refractivity contribution in [3.05, 3.63) is 35.9 Å². The van der Waals surface area contributed by atoms with Gasteiger partial charge in [0.15, 0.2) is 5.96 Å². The summed E-state index contributed by atoms with van der Waals surface area (Å²) in [5, 5.41) is 6.91. The molecule has 1 aromatic rings. The normalized spacial score (nSPS) is 17.9. The molecular formula is C20H35IN4O. The molecule has 0 bridgehead atoms. The van der Waals surface area contributed by atoms with Crippen LogP contribution in [0.3, 0.4) is 0 Å². The Morgan fingerprint density at radius 2 is 1.88 bits per heavy atom. The Morgan fingerprint density at radius 3 is 2.54 bits per heavy atom. The van der Waals surface area contributed by atoms with E-state index in [1.165, 1.54) is 5.56 Å². The number of aryl methyl sites for hydroxylation is 1. The minimum Gasteiger partial charge on any atom is -0.379 e. The first-order valence-corrected chi connectivity index (χ1v) is 9.59. The Morgan fingerprint density at radius 1 is 1.19 bits per heavy atom. The van der Waals surface area contributed by atoms with Crippen LogP contribution in [0.2, 0.25) is 0 Å². The van der Waals surface area contributed by atoms with Gasteiger partial charge in [-0.1, -0.05) is 30.3 Å². The third kappa shape index (κ3) is 8.68. The fourth-order valence-corrected chi connectivity index (χ4v) is 3.01. The summed E-state index contributed by atoms with van der Waals surface area (Å²) in [7, 11) is 0. The van der Waals surface area contributed by atoms with Crippen molar-refractivity contribution in [3.63, 3.8) is 0 Å². The van der Waals surface area contributed by atoms with Crippen LogP contribution >= 0.6 is 24.0 Å². The second kappa shape index (κ2) is 13.3. The maximum Gasteiger partial charge on any atom is 0.191 e. The quantitative estimate of drug-likeness (QED) is 0.346. The van der Waals surface area contributed by atoms with E-state index in [0.29, 0.717) is 12.1 Å². The number of morpholine rings is 1. The number of nitrogens with zero attached hydrogens (tertiary/aromatic N) is 2. The molecule has 1 aliphatic heterocycles. The second-order valence-electron chi connectivity index (χ2n) is 6.79. The molecule has 5 nitrogen and oxygen atoms in total. The van der Waals surface area contributed by atoms with Gasteiger partial charge in [-0.25, -0.2) is 0 Å². The lowest BCUT2D eigenvalue weighted by molar-refractivity contribution is 0.0220. The molecule has 0 aromatic heterocycles. The van der Waals surface area contributed by atoms with Gasteiger partial charge in [0, 0.05) is 31.7 Å². The minimum absolute atomic E-state index is 0. The maximum atomic E-state index is 5.43. The largest absolute Gasteiger partial charge is 0.379 e. The Balaban J connectivity index is 0.00000338. The molecule has 2 N–H and O–H groups in total. The zero-order chi connectivity index (χ0) is 17.9. The average molecular weight is 474 g/mol. The van der Waals surface area contributed by atoms with Crippen LogP contribution in [0.1, 0.15) is 32.8 Å². The van der Waals surface area contributed by atoms with Crippen molar-refractivity contribution in [1.82, 2.24) is 15.5 Å². The van der Waals surface area contributed by atoms with Gasteiger partial charge >= 0.3 is 0 Å². The lowest BCUT2D eigenvalue weighted by Gasteiger charge is -2.31. The summed E-state index contributed by atoms with van der Waals surface area (Å²) < 4.78 is 5.43. The highest BCUT2D eigenvalue weighted by Crippen LogP contribution is 2.06. The number of aliphatic imine (C=N–C) groups is 1. The number of nitrogens with one attached hydrogen (secondary N) is 2. The molecule has 0 aliphatic carbocycles. The van der Waals surface area contributed by atoms with E-state index in [9.17, 15) is 0 Å². The number of guanidine groups is 1. The minimum atomic E-state index is 0. The molecule has 2 atom stereocenters. The Bertz CT molecular complexity index is 506. The third-order valence-electron chi connectivity index (χ3n) is 4.62. The molecule has 0 radical (unpaired) electrons. The lowest BCUT2D eigenvalue weighted by Crippen LogP contribution is -2.45. The van der Waals surface area contributed by atoms with E-state index in [-0.39, 0.29) is 24.0 Å². The van der Waals surface area contributed by atoms with Gasteiger partial charge in [-0.3, -0.25) is 9.89 Å². The van der Waals surface area contributed by atoms with Crippen LogP contribution in [-0.4, -0.2) is 62.3 Å². The Hall–Kier alpha value is -0.860. The van der Waals surface area contributed by atoms with E-state index in [1.54, 1.807) is 0 Å². The Labute approximate surface area is 176 Å². The predicted octanol–water partition coefficient (Wildman–Crippen LogP) is 2.90. The van der Waals surface area contributed by atoms with Crippen molar-refractivity contribution in [2.24, 2.45) is 4.99 Å². The van der Waals surface area contributed by atoms with E-state index in [1.807, 2.05) is 0 Å². The first kappa shape index (κ1) is 23.2. The predicted molar refractivity (Wildman–Crippen MR) is 121 cm³/mol. The molecule has 1 aliphatic rings. The zero-order valence-electron chi connectivity index (χ0n) is 16.4. The van der Waals surface area contributed by atoms with Crippen LogP contribution in [0, 0.1) is 0 Å². The number of ether oxygens (including phenoxy) is 1. The van der Waals surface area contributed by atoms with Crippen molar-refractivity contribution in [2.45, 2.75) is 45.7 Å². The van der Waals surface area contributed by atoms with Gasteiger partial charge in [-0.05, 0) is 39.2 Å². The van der Waals surface area contributed by atoms with Gasteiger partial charge in [0.1, 0.15) is 0 Å². The molecule has 2 rings (SSSR count). The number of hydrogen-bond acceptors (Lipinski definition) is 3. The summed E-state index contributed by atoms with van der Waals surface area (Å²) in [6.07, 6.45) is 2.17. The molecule has 26 heavy (non-hydrogen) atoms. The molecule has 1 aromatic carbocycles. The summed E-state index contributed by atoms with van der Waals surface area (Å²) >= 11 is 0. The van der Waals surface area contributed by atoms with E-state index >= 15 is 0 Å². The Kier molecular flexibility index (Phi) is 11.9. The van der Waals surface area contributed by atoms with Gasteiger partial charge in [0.2, 0.25) is 0 Å². The monoisotopic (exact) mass is 474 g/mol. The SMILES string of the molecule is CCNC(=NCC(C)N1CCOCC1)NC(C)CCc1ccccc1.I. The highest BCUT2D eigenvalue weighted by atomic mass is 127. The molecular weight excluding hydrogens is 439 g/mol. The first-order chi connectivity index (χ1) is 12.2. The van der Waals surface area contributed by atoms with Gasteiger partial charge < -0.3 is 15.4 Å². The molecule has 6 heteroatoms. The molecule has 1 fully saturated rings. The fourth-order valence-electron chi connectivity index (χ4n) is 3.01. The molecule has 0 spiro atoms. The highest BCUT2D eigenvalue weighted by Gasteiger charge is 2.16. The van der Waals surface area contributed by atoms with Gasteiger partial charge in [0.05, 0.1) is 19.8 Å². The van der Waals surface area contributed by atoms with Crippen molar-refractivity contribution in [2.75, 3.05) is 39.4 Å². The molecule has 0 saturated carbocycles. The van der Waals surface area contributed by atoms with Crippen molar-refractivity contribution in [3.8, 4) is 0 Å². The lowest BCUT2D eigenvalue weighted by atomic mass is 10.1. The molecule has 2 unspecified atom stereocenters. The summed E-state index contributed by atoms with van der Waals surface area (Å²) in [6, 6.07) is 11.5. The van der Waals surface area contributed by atoms with Crippen LogP contribution in [-0.2, 0) is 11.2 Å². The number of rotatable bonds is 8. The average Bonchev–Trinajstić information content (AvgIpc) is 2.66. The van der Waals surface area contributed by atoms with Gasteiger partial charge in [-0.15, -0.1) is 24.0 Å². The number of halogens is 1. The van der Waals surface area contributed by atoms with Crippen LogP contribution in [0.4, 0.5) is 0 Å². The van der Waals surface area contributed by atoms with Gasteiger partial charge in [0.25, 0.3) is 0 Å². The summed E-state index contributed by atoms with van der Waals surface area (Å²) in [6.45, 7) is 12.0. The van der Waals surface area contributed by atoms with Crippen molar-refractivity contribution >= 4 is 29.9 Å². The third-order valence-corrected chi connectivity index (χ3v) is 4.62. The number of hydrogen-bond donors (Lipinski definition) is 2. The van der Waals surface area contributed by atoms with E-state index < -0.39 is 0 Å². The molecule has 1 saturated heterocycles. The maximum absolute atomic E-state index is 5.43. The first-order valence-electron chi connectivity index (χ1n) is 9.59. The molecule has 148 valence electrons. The van der Waals surface area contributed by atoms with Crippen molar-refractivity contribution in [1.29, 1.82) is 0 Å². The van der Waals surface area contributed by atoms with E-state index in [4.69, 9.17) is 9.73 Å². The molecule has 1 heterocycles. The van der Waals surface area contributed by atoms with Crippen LogP contribution in [0.5, 0.6) is 0 Å². The fraction of sp³-hybridized carbons (Fsp3) is 0.650. The van der Waals surface area contributed by atoms with Crippen LogP contribution < -0.4 is 10.6 Å². The summed E-state index contributed by atoms with van der Waals surface area (Å²) in [5.41, 5.74) is 1.39. The van der Waals surface area contributed by atoms with Crippen LogP contribution in [0.15, 0.2) is 35.3 Å².